The summed E-state index contributed by atoms with van der Waals surface area (Å²) in [6, 6.07) is 18.0. The summed E-state index contributed by atoms with van der Waals surface area (Å²) in [6.45, 7) is 5.38. The second-order valence-corrected chi connectivity index (χ2v) is 13.0. The number of carbonyl (C=O) groups excluding carboxylic acids is 1. The quantitative estimate of drug-likeness (QED) is 0.299. The Bertz CT molecular complexity index is 1330. The lowest BCUT2D eigenvalue weighted by atomic mass is 9.96. The standard InChI is InChI=1S/C30H33N3O2S3/c1-3-5-16-32-28(35)26(38-30(32)36)29-31(4-2)27(34)25(37-29)18-19-14-15-24-22(17-19)21-12-9-13-23(21)33(24)20-10-7-6-8-11-20/h6-8,10-11,14-15,17-18,21,23,27,34H,3-5,9,12-13,16H2,1-2H3. The highest BCUT2D eigenvalue weighted by molar-refractivity contribution is 8.27. The number of benzene rings is 2. The maximum Gasteiger partial charge on any atom is 0.268 e. The van der Waals surface area contributed by atoms with E-state index in [1.807, 2.05) is 11.8 Å². The third-order valence-corrected chi connectivity index (χ3v) is 10.8. The van der Waals surface area contributed by atoms with E-state index in [9.17, 15) is 9.90 Å². The Balaban J connectivity index is 1.32. The molecule has 6 rings (SSSR count). The zero-order valence-electron chi connectivity index (χ0n) is 21.8. The van der Waals surface area contributed by atoms with E-state index in [-0.39, 0.29) is 5.91 Å². The van der Waals surface area contributed by atoms with Crippen molar-refractivity contribution in [3.63, 3.8) is 0 Å². The number of fused-ring (bicyclic) bond motifs is 3. The van der Waals surface area contributed by atoms with Gasteiger partial charge in [-0.1, -0.05) is 79.8 Å². The smallest absolute Gasteiger partial charge is 0.268 e. The molecule has 1 saturated carbocycles. The molecule has 1 N–H and O–H groups in total. The Morgan fingerprint density at radius 3 is 2.68 bits per heavy atom. The van der Waals surface area contributed by atoms with E-state index in [0.717, 1.165) is 28.3 Å². The van der Waals surface area contributed by atoms with Crippen LogP contribution < -0.4 is 4.90 Å². The molecule has 2 saturated heterocycles. The van der Waals surface area contributed by atoms with E-state index in [0.29, 0.717) is 34.3 Å². The number of para-hydroxylation sites is 1. The van der Waals surface area contributed by atoms with Crippen LogP contribution in [0.5, 0.6) is 0 Å². The number of amides is 1. The number of aliphatic hydroxyl groups excluding tert-OH is 1. The van der Waals surface area contributed by atoms with Gasteiger partial charge in [-0.2, -0.15) is 0 Å². The average molecular weight is 564 g/mol. The summed E-state index contributed by atoms with van der Waals surface area (Å²) in [7, 11) is 0. The third kappa shape index (κ3) is 4.39. The first-order valence-corrected chi connectivity index (χ1v) is 15.7. The molecule has 2 aromatic carbocycles. The predicted molar refractivity (Wildman–Crippen MR) is 163 cm³/mol. The van der Waals surface area contributed by atoms with Crippen molar-refractivity contribution >= 4 is 63.4 Å². The van der Waals surface area contributed by atoms with Crippen LogP contribution in [0.3, 0.4) is 0 Å². The number of likely N-dealkylation sites (N-methyl/N-ethyl adjacent to an activating group) is 1. The van der Waals surface area contributed by atoms with Gasteiger partial charge in [0.1, 0.15) is 9.23 Å². The van der Waals surface area contributed by atoms with Crippen LogP contribution in [0.15, 0.2) is 63.4 Å². The number of nitrogens with zero attached hydrogens (tertiary/aromatic N) is 3. The van der Waals surface area contributed by atoms with Gasteiger partial charge < -0.3 is 14.9 Å². The number of thioether (sulfide) groups is 2. The Morgan fingerprint density at radius 1 is 1.11 bits per heavy atom. The Morgan fingerprint density at radius 2 is 1.92 bits per heavy atom. The van der Waals surface area contributed by atoms with Crippen LogP contribution in [-0.2, 0) is 4.79 Å². The molecule has 2 aromatic rings. The first kappa shape index (κ1) is 26.0. The summed E-state index contributed by atoms with van der Waals surface area (Å²) in [4.78, 5) is 20.9. The molecule has 3 atom stereocenters. The number of aliphatic hydroxyl groups is 1. The van der Waals surface area contributed by atoms with Gasteiger partial charge in [0, 0.05) is 41.3 Å². The number of thiocarbonyl (C=S) groups is 1. The molecule has 1 aliphatic carbocycles. The van der Waals surface area contributed by atoms with Gasteiger partial charge in [0.25, 0.3) is 5.91 Å². The van der Waals surface area contributed by atoms with Crippen molar-refractivity contribution in [3.05, 3.63) is 74.5 Å². The highest BCUT2D eigenvalue weighted by Gasteiger charge is 2.43. The van der Waals surface area contributed by atoms with Crippen molar-refractivity contribution in [1.29, 1.82) is 0 Å². The molecular formula is C30H33N3O2S3. The summed E-state index contributed by atoms with van der Waals surface area (Å²) in [6.07, 6.45) is 6.94. The maximum atomic E-state index is 13.2. The molecule has 5 nitrogen and oxygen atoms in total. The summed E-state index contributed by atoms with van der Waals surface area (Å²) >= 11 is 8.40. The fourth-order valence-electron chi connectivity index (χ4n) is 6.17. The molecule has 8 heteroatoms. The fourth-order valence-corrected chi connectivity index (χ4v) is 8.89. The number of carbonyl (C=O) groups is 1. The van der Waals surface area contributed by atoms with E-state index in [1.54, 1.807) is 4.90 Å². The number of rotatable bonds is 6. The van der Waals surface area contributed by atoms with Crippen LogP contribution in [0.1, 0.15) is 63.0 Å². The van der Waals surface area contributed by atoms with Crippen molar-refractivity contribution in [2.45, 2.75) is 64.1 Å². The molecule has 0 bridgehead atoms. The van der Waals surface area contributed by atoms with Gasteiger partial charge in [-0.05, 0) is 67.7 Å². The molecule has 0 radical (unpaired) electrons. The summed E-state index contributed by atoms with van der Waals surface area (Å²) in [5.41, 5.74) is 5.07. The molecule has 0 spiro atoms. The van der Waals surface area contributed by atoms with Crippen molar-refractivity contribution in [2.75, 3.05) is 18.0 Å². The second-order valence-electron chi connectivity index (χ2n) is 10.2. The Hall–Kier alpha value is -2.26. The lowest BCUT2D eigenvalue weighted by Gasteiger charge is -2.27. The Kier molecular flexibility index (Phi) is 7.33. The number of hydrogen-bond donors (Lipinski definition) is 1. The van der Waals surface area contributed by atoms with Crippen LogP contribution >= 0.6 is 35.7 Å². The zero-order valence-corrected chi connectivity index (χ0v) is 24.2. The highest BCUT2D eigenvalue weighted by Crippen LogP contribution is 2.53. The van der Waals surface area contributed by atoms with E-state index < -0.39 is 6.23 Å². The van der Waals surface area contributed by atoms with Crippen LogP contribution in [0, 0.1) is 0 Å². The number of anilines is 2. The van der Waals surface area contributed by atoms with E-state index in [4.69, 9.17) is 12.2 Å². The van der Waals surface area contributed by atoms with Crippen molar-refractivity contribution in [1.82, 2.24) is 9.80 Å². The summed E-state index contributed by atoms with van der Waals surface area (Å²) in [5.74, 6) is 0.505. The minimum atomic E-state index is -0.771. The van der Waals surface area contributed by atoms with Crippen molar-refractivity contribution in [2.24, 2.45) is 0 Å². The van der Waals surface area contributed by atoms with Crippen LogP contribution in [0.2, 0.25) is 0 Å². The molecule has 4 aliphatic rings. The largest absolute Gasteiger partial charge is 0.369 e. The molecule has 3 unspecified atom stereocenters. The topological polar surface area (TPSA) is 47.0 Å². The van der Waals surface area contributed by atoms with Gasteiger partial charge in [-0.3, -0.25) is 9.69 Å². The molecular weight excluding hydrogens is 531 g/mol. The molecule has 0 aromatic heterocycles. The minimum absolute atomic E-state index is 0.0336. The number of hydrogen-bond acceptors (Lipinski definition) is 7. The third-order valence-electron chi connectivity index (χ3n) is 8.01. The van der Waals surface area contributed by atoms with Crippen LogP contribution in [0.25, 0.3) is 6.08 Å². The second kappa shape index (κ2) is 10.7. The van der Waals surface area contributed by atoms with E-state index >= 15 is 0 Å². The molecule has 38 heavy (non-hydrogen) atoms. The monoisotopic (exact) mass is 563 g/mol. The van der Waals surface area contributed by atoms with Gasteiger partial charge in [-0.25, -0.2) is 0 Å². The molecule has 198 valence electrons. The lowest BCUT2D eigenvalue weighted by molar-refractivity contribution is -0.122. The van der Waals surface area contributed by atoms with Gasteiger partial charge in [0.15, 0.2) is 6.23 Å². The lowest BCUT2D eigenvalue weighted by Crippen LogP contribution is -2.31. The Labute approximate surface area is 238 Å². The average Bonchev–Trinajstić information content (AvgIpc) is 3.66. The van der Waals surface area contributed by atoms with Gasteiger partial charge in [0.05, 0.1) is 5.03 Å². The minimum Gasteiger partial charge on any atom is -0.369 e. The summed E-state index contributed by atoms with van der Waals surface area (Å²) < 4.78 is 0.613. The SMILES string of the molecule is CCCCN1C(=O)C(=C2SC(=Cc3ccc4c(c3)C3CCCC3N4c3ccccc3)C(O)N2CC)SC1=S. The molecule has 3 heterocycles. The molecule has 3 fully saturated rings. The highest BCUT2D eigenvalue weighted by atomic mass is 32.2. The predicted octanol–water partition coefficient (Wildman–Crippen LogP) is 7.03. The van der Waals surface area contributed by atoms with Gasteiger partial charge in [0.2, 0.25) is 0 Å². The van der Waals surface area contributed by atoms with E-state index in [1.165, 1.54) is 59.7 Å². The first-order valence-electron chi connectivity index (χ1n) is 13.6. The zero-order chi connectivity index (χ0) is 26.4. The van der Waals surface area contributed by atoms with Crippen molar-refractivity contribution < 1.29 is 9.90 Å². The number of unbranched alkanes of at least 4 members (excludes halogenated alkanes) is 1. The van der Waals surface area contributed by atoms with Gasteiger partial charge >= 0.3 is 0 Å². The fraction of sp³-hybridized carbons (Fsp3) is 0.400. The maximum absolute atomic E-state index is 13.2. The molecule has 3 aliphatic heterocycles. The van der Waals surface area contributed by atoms with Crippen LogP contribution in [-0.4, -0.2) is 50.5 Å². The van der Waals surface area contributed by atoms with E-state index in [2.05, 4.69) is 66.4 Å². The summed E-state index contributed by atoms with van der Waals surface area (Å²) in [5, 5.41) is 12.1. The normalized spacial score (nSPS) is 27.7. The first-order chi connectivity index (χ1) is 18.5. The van der Waals surface area contributed by atoms with Crippen molar-refractivity contribution in [3.8, 4) is 0 Å². The van der Waals surface area contributed by atoms with Crippen LogP contribution in [0.4, 0.5) is 11.4 Å². The molecule has 1 amide bonds. The van der Waals surface area contributed by atoms with Gasteiger partial charge in [-0.15, -0.1) is 0 Å².